The number of benzene rings is 2. The maximum atomic E-state index is 13.9. The van der Waals surface area contributed by atoms with E-state index >= 15 is 0 Å². The summed E-state index contributed by atoms with van der Waals surface area (Å²) in [5.41, 5.74) is -0.777. The first-order valence-electron chi connectivity index (χ1n) is 10.2. The van der Waals surface area contributed by atoms with Crippen LogP contribution in [0.15, 0.2) is 47.4 Å². The van der Waals surface area contributed by atoms with Gasteiger partial charge in [-0.3, -0.25) is 14.7 Å². The summed E-state index contributed by atoms with van der Waals surface area (Å²) >= 11 is 0. The summed E-state index contributed by atoms with van der Waals surface area (Å²) in [6, 6.07) is 7.07. The Kier molecular flexibility index (Phi) is 7.47. The second kappa shape index (κ2) is 10.3. The highest BCUT2D eigenvalue weighted by Crippen LogP contribution is 2.31. The molecule has 2 aromatic carbocycles. The molecular weight excluding hydrogens is 442 g/mol. The maximum Gasteiger partial charge on any atom is 0.275 e. The average Bonchev–Trinajstić information content (AvgIpc) is 2.78. The molecule has 3 rings (SSSR count). The standard InChI is InChI=1S/C23H21F4N3O3/c1-2-7-30(23(33)21-22(32)19(31)12-28-29-21)8-6-16(13-4-3-5-15(24)9-13)14-10-17(25)20(27)18(26)11-14/h3-5,9-12,16H,2,6-8H2,1H3,(H,28,32)(H,29,31). The summed E-state index contributed by atoms with van der Waals surface area (Å²) in [6.45, 7) is 2.06. The fourth-order valence-corrected chi connectivity index (χ4v) is 3.60. The van der Waals surface area contributed by atoms with Gasteiger partial charge in [0, 0.05) is 19.0 Å². The first-order chi connectivity index (χ1) is 15.7. The van der Waals surface area contributed by atoms with Crippen LogP contribution >= 0.6 is 0 Å². The van der Waals surface area contributed by atoms with Gasteiger partial charge in [0.25, 0.3) is 5.91 Å². The Morgan fingerprint density at radius 2 is 1.79 bits per heavy atom. The zero-order chi connectivity index (χ0) is 24.1. The molecule has 1 amide bonds. The second-order valence-electron chi connectivity index (χ2n) is 7.44. The Bertz CT molecular complexity index is 1190. The smallest absolute Gasteiger partial charge is 0.275 e. The lowest BCUT2D eigenvalue weighted by Gasteiger charge is -2.26. The van der Waals surface area contributed by atoms with E-state index in [4.69, 9.17) is 0 Å². The fraction of sp³-hybridized carbons (Fsp3) is 0.261. The number of aromatic amines is 1. The minimum absolute atomic E-state index is 0.0187. The molecule has 174 valence electrons. The number of amides is 1. The summed E-state index contributed by atoms with van der Waals surface area (Å²) in [5, 5.41) is 15.8. The van der Waals surface area contributed by atoms with E-state index in [1.165, 1.54) is 23.1 Å². The Balaban J connectivity index is 1.95. The number of carbonyl (C=O) groups is 1. The molecule has 0 fully saturated rings. The van der Waals surface area contributed by atoms with Crippen LogP contribution in [0.3, 0.4) is 0 Å². The van der Waals surface area contributed by atoms with Crippen LogP contribution in [0.4, 0.5) is 17.6 Å². The normalized spacial score (nSPS) is 11.9. The summed E-state index contributed by atoms with van der Waals surface area (Å²) in [5.74, 6) is -7.21. The molecule has 10 heteroatoms. The molecule has 1 aromatic heterocycles. The number of hydrogen-bond acceptors (Lipinski definition) is 4. The number of halogens is 4. The van der Waals surface area contributed by atoms with Gasteiger partial charge in [-0.1, -0.05) is 19.1 Å². The van der Waals surface area contributed by atoms with Crippen LogP contribution in [0.1, 0.15) is 47.3 Å². The lowest BCUT2D eigenvalue weighted by molar-refractivity contribution is 0.0741. The highest BCUT2D eigenvalue weighted by Gasteiger charge is 2.25. The fourth-order valence-electron chi connectivity index (χ4n) is 3.60. The molecule has 0 bridgehead atoms. The van der Waals surface area contributed by atoms with Crippen molar-refractivity contribution in [1.82, 2.24) is 15.1 Å². The Labute approximate surface area is 186 Å². The van der Waals surface area contributed by atoms with Gasteiger partial charge in [-0.25, -0.2) is 17.6 Å². The Morgan fingerprint density at radius 3 is 2.42 bits per heavy atom. The van der Waals surface area contributed by atoms with Crippen molar-refractivity contribution in [3.05, 3.63) is 92.9 Å². The molecule has 2 N–H and O–H groups in total. The van der Waals surface area contributed by atoms with Gasteiger partial charge in [-0.15, -0.1) is 0 Å². The number of nitrogens with one attached hydrogen (secondary N) is 1. The molecule has 0 radical (unpaired) electrons. The monoisotopic (exact) mass is 463 g/mol. The molecular formula is C23H21F4N3O3. The molecule has 0 aliphatic carbocycles. The molecule has 0 aliphatic rings. The summed E-state index contributed by atoms with van der Waals surface area (Å²) in [4.78, 5) is 25.9. The molecule has 0 aliphatic heterocycles. The Morgan fingerprint density at radius 1 is 1.09 bits per heavy atom. The molecule has 0 saturated heterocycles. The number of hydrogen-bond donors (Lipinski definition) is 2. The largest absolute Gasteiger partial charge is 0.502 e. The van der Waals surface area contributed by atoms with Crippen molar-refractivity contribution in [3.63, 3.8) is 0 Å². The van der Waals surface area contributed by atoms with E-state index in [1.54, 1.807) is 13.0 Å². The average molecular weight is 463 g/mol. The van der Waals surface area contributed by atoms with Crippen molar-refractivity contribution in [2.45, 2.75) is 25.7 Å². The summed E-state index contributed by atoms with van der Waals surface area (Å²) in [7, 11) is 0. The zero-order valence-corrected chi connectivity index (χ0v) is 17.6. The molecule has 3 aromatic rings. The van der Waals surface area contributed by atoms with E-state index in [0.29, 0.717) is 12.0 Å². The first-order valence-corrected chi connectivity index (χ1v) is 10.2. The highest BCUT2D eigenvalue weighted by molar-refractivity contribution is 5.94. The molecule has 6 nitrogen and oxygen atoms in total. The van der Waals surface area contributed by atoms with Crippen LogP contribution in [0.5, 0.6) is 5.75 Å². The van der Waals surface area contributed by atoms with Gasteiger partial charge in [0.15, 0.2) is 28.9 Å². The summed E-state index contributed by atoms with van der Waals surface area (Å²) < 4.78 is 55.2. The van der Waals surface area contributed by atoms with E-state index < -0.39 is 52.0 Å². The number of aromatic hydroxyl groups is 1. The molecule has 0 saturated carbocycles. The van der Waals surface area contributed by atoms with Gasteiger partial charge in [0.1, 0.15) is 5.82 Å². The van der Waals surface area contributed by atoms with Crippen molar-refractivity contribution in [2.75, 3.05) is 13.1 Å². The highest BCUT2D eigenvalue weighted by atomic mass is 19.2. The molecule has 33 heavy (non-hydrogen) atoms. The van der Waals surface area contributed by atoms with Gasteiger partial charge in [0.05, 0.1) is 6.20 Å². The zero-order valence-electron chi connectivity index (χ0n) is 17.6. The topological polar surface area (TPSA) is 86.3 Å². The van der Waals surface area contributed by atoms with Crippen LogP contribution in [0.25, 0.3) is 0 Å². The van der Waals surface area contributed by atoms with Gasteiger partial charge in [-0.05, 0) is 48.2 Å². The van der Waals surface area contributed by atoms with Gasteiger partial charge < -0.3 is 10.0 Å². The van der Waals surface area contributed by atoms with Crippen molar-refractivity contribution >= 4 is 5.91 Å². The minimum atomic E-state index is -1.62. The number of rotatable bonds is 8. The third-order valence-corrected chi connectivity index (χ3v) is 5.17. The lowest BCUT2D eigenvalue weighted by Crippen LogP contribution is -2.35. The summed E-state index contributed by atoms with van der Waals surface area (Å²) in [6.07, 6.45) is 1.44. The predicted octanol–water partition coefficient (Wildman–Crippen LogP) is 4.11. The number of nitrogens with zero attached hydrogens (tertiary/aromatic N) is 2. The van der Waals surface area contributed by atoms with E-state index in [9.17, 15) is 32.3 Å². The minimum Gasteiger partial charge on any atom is -0.502 e. The number of carbonyl (C=O) groups excluding carboxylic acids is 1. The van der Waals surface area contributed by atoms with E-state index in [1.807, 2.05) is 0 Å². The van der Waals surface area contributed by atoms with Crippen LogP contribution in [-0.2, 0) is 0 Å². The quantitative estimate of drug-likeness (QED) is 0.389. The number of aromatic nitrogens is 2. The van der Waals surface area contributed by atoms with E-state index in [2.05, 4.69) is 10.2 Å². The van der Waals surface area contributed by atoms with Crippen LogP contribution in [0, 0.1) is 23.3 Å². The van der Waals surface area contributed by atoms with Crippen molar-refractivity contribution in [1.29, 1.82) is 0 Å². The van der Waals surface area contributed by atoms with Crippen molar-refractivity contribution in [2.24, 2.45) is 0 Å². The van der Waals surface area contributed by atoms with Crippen LogP contribution < -0.4 is 5.43 Å². The first kappa shape index (κ1) is 24.0. The Hall–Kier alpha value is -3.69. The van der Waals surface area contributed by atoms with E-state index in [-0.39, 0.29) is 25.1 Å². The van der Waals surface area contributed by atoms with Crippen LogP contribution in [-0.4, -0.2) is 39.2 Å². The third-order valence-electron chi connectivity index (χ3n) is 5.17. The van der Waals surface area contributed by atoms with E-state index in [0.717, 1.165) is 18.3 Å². The molecule has 1 heterocycles. The van der Waals surface area contributed by atoms with Gasteiger partial charge >= 0.3 is 0 Å². The maximum absolute atomic E-state index is 13.9. The van der Waals surface area contributed by atoms with Crippen molar-refractivity contribution in [3.8, 4) is 5.75 Å². The van der Waals surface area contributed by atoms with Crippen molar-refractivity contribution < 1.29 is 27.5 Å². The third kappa shape index (κ3) is 5.39. The molecule has 1 unspecified atom stereocenters. The SMILES string of the molecule is CCCN(CCC(c1cccc(F)c1)c1cc(F)c(F)c(F)c1)C(=O)c1[nH]ncc(=O)c1O. The molecule has 0 spiro atoms. The van der Waals surface area contributed by atoms with Gasteiger partial charge in [0.2, 0.25) is 5.43 Å². The number of H-pyrrole nitrogens is 1. The van der Waals surface area contributed by atoms with Gasteiger partial charge in [-0.2, -0.15) is 5.10 Å². The molecule has 1 atom stereocenters. The lowest BCUT2D eigenvalue weighted by atomic mass is 9.88. The predicted molar refractivity (Wildman–Crippen MR) is 112 cm³/mol. The van der Waals surface area contributed by atoms with Crippen LogP contribution in [0.2, 0.25) is 0 Å². The second-order valence-corrected chi connectivity index (χ2v) is 7.44.